The van der Waals surface area contributed by atoms with E-state index in [1.165, 1.54) is 6.07 Å². The molecule has 15 heavy (non-hydrogen) atoms. The number of benzene rings is 1. The largest absolute Gasteiger partial charge is 0.491 e. The molecule has 0 fully saturated rings. The molecule has 1 N–H and O–H groups in total. The number of halogens is 1. The Morgan fingerprint density at radius 2 is 2.13 bits per heavy atom. The molecule has 84 valence electrons. The van der Waals surface area contributed by atoms with E-state index in [1.54, 1.807) is 18.2 Å². The van der Waals surface area contributed by atoms with Crippen molar-refractivity contribution in [2.75, 3.05) is 20.2 Å². The highest BCUT2D eigenvalue weighted by Gasteiger charge is 2.03. The quantitative estimate of drug-likeness (QED) is 0.780. The summed E-state index contributed by atoms with van der Waals surface area (Å²) in [7, 11) is 1.92. The Bertz CT molecular complexity index is 291. The number of rotatable bonds is 6. The zero-order chi connectivity index (χ0) is 11.1. The van der Waals surface area contributed by atoms with Crippen molar-refractivity contribution in [3.05, 3.63) is 30.1 Å². The first kappa shape index (κ1) is 12.0. The Kier molecular flexibility index (Phi) is 5.12. The molecule has 2 nitrogen and oxygen atoms in total. The van der Waals surface area contributed by atoms with Crippen LogP contribution in [0, 0.1) is 11.7 Å². The van der Waals surface area contributed by atoms with Crippen LogP contribution in [0.1, 0.15) is 13.3 Å². The Morgan fingerprint density at radius 3 is 2.80 bits per heavy atom. The smallest absolute Gasteiger partial charge is 0.165 e. The molecule has 1 unspecified atom stereocenters. The number of hydrogen-bond acceptors (Lipinski definition) is 2. The van der Waals surface area contributed by atoms with Crippen molar-refractivity contribution in [3.63, 3.8) is 0 Å². The molecular formula is C12H18FNO. The van der Waals surface area contributed by atoms with Gasteiger partial charge in [0.2, 0.25) is 0 Å². The molecule has 0 amide bonds. The maximum atomic E-state index is 13.1. The van der Waals surface area contributed by atoms with Gasteiger partial charge in [0, 0.05) is 0 Å². The highest BCUT2D eigenvalue weighted by atomic mass is 19.1. The van der Waals surface area contributed by atoms with Crippen LogP contribution in [0.5, 0.6) is 5.75 Å². The second-order valence-corrected chi connectivity index (χ2v) is 3.73. The average Bonchev–Trinajstić information content (AvgIpc) is 2.21. The first-order valence-electron chi connectivity index (χ1n) is 5.26. The van der Waals surface area contributed by atoms with Crippen molar-refractivity contribution in [2.24, 2.45) is 5.92 Å². The molecule has 0 spiro atoms. The van der Waals surface area contributed by atoms with Crippen LogP contribution in [-0.4, -0.2) is 20.2 Å². The molecule has 0 heterocycles. The predicted octanol–water partition coefficient (Wildman–Crippen LogP) is 2.45. The van der Waals surface area contributed by atoms with Crippen LogP contribution in [0.15, 0.2) is 24.3 Å². The van der Waals surface area contributed by atoms with Crippen LogP contribution < -0.4 is 10.1 Å². The van der Waals surface area contributed by atoms with E-state index >= 15 is 0 Å². The minimum atomic E-state index is -0.293. The van der Waals surface area contributed by atoms with Gasteiger partial charge in [0.1, 0.15) is 0 Å². The van der Waals surface area contributed by atoms with Gasteiger partial charge in [-0.2, -0.15) is 0 Å². The van der Waals surface area contributed by atoms with Crippen LogP contribution in [0.25, 0.3) is 0 Å². The minimum Gasteiger partial charge on any atom is -0.491 e. The second kappa shape index (κ2) is 6.40. The zero-order valence-corrected chi connectivity index (χ0v) is 9.29. The minimum absolute atomic E-state index is 0.293. The van der Waals surface area contributed by atoms with E-state index in [9.17, 15) is 4.39 Å². The molecule has 1 rings (SSSR count). The van der Waals surface area contributed by atoms with E-state index < -0.39 is 0 Å². The van der Waals surface area contributed by atoms with Gasteiger partial charge in [-0.1, -0.05) is 19.1 Å². The van der Waals surface area contributed by atoms with Gasteiger partial charge in [-0.25, -0.2) is 4.39 Å². The van der Waals surface area contributed by atoms with E-state index in [1.807, 2.05) is 7.05 Å². The first-order chi connectivity index (χ1) is 7.24. The summed E-state index contributed by atoms with van der Waals surface area (Å²) in [6.45, 7) is 3.66. The average molecular weight is 211 g/mol. The van der Waals surface area contributed by atoms with Crippen molar-refractivity contribution in [1.29, 1.82) is 0 Å². The van der Waals surface area contributed by atoms with Crippen LogP contribution in [0.4, 0.5) is 4.39 Å². The predicted molar refractivity (Wildman–Crippen MR) is 59.6 cm³/mol. The Morgan fingerprint density at radius 1 is 1.40 bits per heavy atom. The molecule has 0 aliphatic heterocycles. The summed E-state index contributed by atoms with van der Waals surface area (Å²) >= 11 is 0. The summed E-state index contributed by atoms with van der Waals surface area (Å²) in [5.41, 5.74) is 0. The highest BCUT2D eigenvalue weighted by molar-refractivity contribution is 5.23. The normalized spacial score (nSPS) is 12.5. The lowest BCUT2D eigenvalue weighted by Gasteiger charge is -2.11. The third-order valence-corrected chi connectivity index (χ3v) is 2.26. The molecule has 3 heteroatoms. The first-order valence-corrected chi connectivity index (χ1v) is 5.26. The molecule has 1 aromatic carbocycles. The van der Waals surface area contributed by atoms with Crippen molar-refractivity contribution < 1.29 is 9.13 Å². The van der Waals surface area contributed by atoms with Crippen LogP contribution in [0.3, 0.4) is 0 Å². The van der Waals surface area contributed by atoms with E-state index in [-0.39, 0.29) is 5.82 Å². The standard InChI is InChI=1S/C12H18FNO/c1-10(9-14-2)7-8-15-12-6-4-3-5-11(12)13/h3-6,10,14H,7-9H2,1-2H3. The van der Waals surface area contributed by atoms with Crippen LogP contribution in [0.2, 0.25) is 0 Å². The lowest BCUT2D eigenvalue weighted by Crippen LogP contribution is -2.18. The Labute approximate surface area is 90.4 Å². The summed E-state index contributed by atoms with van der Waals surface area (Å²) in [4.78, 5) is 0. The monoisotopic (exact) mass is 211 g/mol. The van der Waals surface area contributed by atoms with Crippen LogP contribution in [-0.2, 0) is 0 Å². The van der Waals surface area contributed by atoms with Crippen molar-refractivity contribution in [3.8, 4) is 5.75 Å². The van der Waals surface area contributed by atoms with Gasteiger partial charge in [0.15, 0.2) is 11.6 Å². The zero-order valence-electron chi connectivity index (χ0n) is 9.29. The second-order valence-electron chi connectivity index (χ2n) is 3.73. The van der Waals surface area contributed by atoms with Gasteiger partial charge in [0.25, 0.3) is 0 Å². The number of hydrogen-bond donors (Lipinski definition) is 1. The van der Waals surface area contributed by atoms with Gasteiger partial charge < -0.3 is 10.1 Å². The fraction of sp³-hybridized carbons (Fsp3) is 0.500. The molecule has 0 aromatic heterocycles. The van der Waals surface area contributed by atoms with E-state index in [0.29, 0.717) is 18.3 Å². The number of para-hydroxylation sites is 1. The number of nitrogens with one attached hydrogen (secondary N) is 1. The topological polar surface area (TPSA) is 21.3 Å². The fourth-order valence-corrected chi connectivity index (χ4v) is 1.38. The van der Waals surface area contributed by atoms with Gasteiger partial charge in [0.05, 0.1) is 6.61 Å². The maximum Gasteiger partial charge on any atom is 0.165 e. The summed E-state index contributed by atoms with van der Waals surface area (Å²) in [5, 5.41) is 3.10. The molecule has 0 radical (unpaired) electrons. The van der Waals surface area contributed by atoms with E-state index in [0.717, 1.165) is 13.0 Å². The van der Waals surface area contributed by atoms with Gasteiger partial charge in [-0.05, 0) is 38.1 Å². The summed E-state index contributed by atoms with van der Waals surface area (Å²) in [6.07, 6.45) is 0.926. The molecule has 0 saturated heterocycles. The Hall–Kier alpha value is -1.09. The lowest BCUT2D eigenvalue weighted by molar-refractivity contribution is 0.270. The molecule has 1 atom stereocenters. The molecule has 0 aliphatic rings. The third-order valence-electron chi connectivity index (χ3n) is 2.26. The SMILES string of the molecule is CNCC(C)CCOc1ccccc1F. The van der Waals surface area contributed by atoms with Crippen molar-refractivity contribution in [2.45, 2.75) is 13.3 Å². The lowest BCUT2D eigenvalue weighted by atomic mass is 10.1. The fourth-order valence-electron chi connectivity index (χ4n) is 1.38. The van der Waals surface area contributed by atoms with Gasteiger partial charge in [-0.15, -0.1) is 0 Å². The van der Waals surface area contributed by atoms with Crippen molar-refractivity contribution in [1.82, 2.24) is 5.32 Å². The van der Waals surface area contributed by atoms with Crippen LogP contribution >= 0.6 is 0 Å². The highest BCUT2D eigenvalue weighted by Crippen LogP contribution is 2.16. The number of ether oxygens (including phenoxy) is 1. The molecule has 1 aromatic rings. The Balaban J connectivity index is 2.29. The third kappa shape index (κ3) is 4.30. The van der Waals surface area contributed by atoms with Crippen molar-refractivity contribution >= 4 is 0 Å². The van der Waals surface area contributed by atoms with E-state index in [4.69, 9.17) is 4.74 Å². The molecule has 0 bridgehead atoms. The van der Waals surface area contributed by atoms with Gasteiger partial charge >= 0.3 is 0 Å². The molecular weight excluding hydrogens is 193 g/mol. The van der Waals surface area contributed by atoms with E-state index in [2.05, 4.69) is 12.2 Å². The molecule has 0 saturated carbocycles. The molecule has 0 aliphatic carbocycles. The summed E-state index contributed by atoms with van der Waals surface area (Å²) in [6, 6.07) is 6.49. The summed E-state index contributed by atoms with van der Waals surface area (Å²) in [5.74, 6) is 0.592. The summed E-state index contributed by atoms with van der Waals surface area (Å²) < 4.78 is 18.5. The van der Waals surface area contributed by atoms with Gasteiger partial charge in [-0.3, -0.25) is 0 Å². The maximum absolute atomic E-state index is 13.1.